The summed E-state index contributed by atoms with van der Waals surface area (Å²) in [6, 6.07) is 20.9. The van der Waals surface area contributed by atoms with Crippen molar-refractivity contribution < 1.29 is 9.59 Å². The Kier molecular flexibility index (Phi) is 5.89. The van der Waals surface area contributed by atoms with E-state index in [2.05, 4.69) is 26.7 Å². The molecule has 4 aromatic rings. The molecule has 2 amide bonds. The number of benzene rings is 2. The molecule has 1 saturated carbocycles. The highest BCUT2D eigenvalue weighted by atomic mass is 16.2. The van der Waals surface area contributed by atoms with Crippen molar-refractivity contribution in [1.29, 1.82) is 0 Å². The van der Waals surface area contributed by atoms with Crippen LogP contribution in [0.15, 0.2) is 72.9 Å². The summed E-state index contributed by atoms with van der Waals surface area (Å²) < 4.78 is 0. The second kappa shape index (κ2) is 9.28. The normalized spacial score (nSPS) is 14.2. The number of fused-ring (bicyclic) bond motifs is 1. The van der Waals surface area contributed by atoms with Gasteiger partial charge in [0, 0.05) is 40.1 Å². The summed E-state index contributed by atoms with van der Waals surface area (Å²) in [6.07, 6.45) is 7.09. The smallest absolute Gasteiger partial charge is 0.274 e. The van der Waals surface area contributed by atoms with Crippen molar-refractivity contribution in [2.45, 2.75) is 32.1 Å². The SMILES string of the molecule is O=C(Nc1ccc(-c2cc3cc(NC(=O)C4CCCCC4)ccc3[nH]2)cc1)c1ccccn1. The Morgan fingerprint density at radius 1 is 0.848 bits per heavy atom. The van der Waals surface area contributed by atoms with E-state index in [0.717, 1.165) is 53.5 Å². The summed E-state index contributed by atoms with van der Waals surface area (Å²) >= 11 is 0. The Morgan fingerprint density at radius 2 is 1.64 bits per heavy atom. The van der Waals surface area contributed by atoms with E-state index in [0.29, 0.717) is 11.4 Å². The zero-order valence-corrected chi connectivity index (χ0v) is 18.3. The van der Waals surface area contributed by atoms with Gasteiger partial charge in [-0.3, -0.25) is 14.6 Å². The number of aromatic nitrogens is 2. The van der Waals surface area contributed by atoms with Gasteiger partial charge in [-0.05, 0) is 66.9 Å². The van der Waals surface area contributed by atoms with Crippen LogP contribution < -0.4 is 10.6 Å². The Morgan fingerprint density at radius 3 is 2.39 bits per heavy atom. The second-order valence-electron chi connectivity index (χ2n) is 8.56. The number of rotatable bonds is 5. The first kappa shape index (κ1) is 20.9. The van der Waals surface area contributed by atoms with Gasteiger partial charge >= 0.3 is 0 Å². The first-order valence-electron chi connectivity index (χ1n) is 11.4. The summed E-state index contributed by atoms with van der Waals surface area (Å²) in [5.74, 6) is 0.0258. The highest BCUT2D eigenvalue weighted by molar-refractivity contribution is 6.03. The van der Waals surface area contributed by atoms with Crippen LogP contribution in [-0.2, 0) is 4.79 Å². The van der Waals surface area contributed by atoms with Crippen molar-refractivity contribution in [2.75, 3.05) is 10.6 Å². The number of nitrogens with one attached hydrogen (secondary N) is 3. The maximum Gasteiger partial charge on any atom is 0.274 e. The van der Waals surface area contributed by atoms with Crippen molar-refractivity contribution in [3.63, 3.8) is 0 Å². The minimum Gasteiger partial charge on any atom is -0.355 e. The van der Waals surface area contributed by atoms with Gasteiger partial charge in [0.25, 0.3) is 5.91 Å². The molecule has 2 heterocycles. The van der Waals surface area contributed by atoms with Gasteiger partial charge in [0.1, 0.15) is 5.69 Å². The van der Waals surface area contributed by atoms with Crippen LogP contribution in [0.5, 0.6) is 0 Å². The van der Waals surface area contributed by atoms with Crippen molar-refractivity contribution in [1.82, 2.24) is 9.97 Å². The standard InChI is InChI=1S/C27H26N4O2/c32-26(19-6-2-1-3-7-19)30-22-13-14-23-20(16-22)17-25(31-23)18-9-11-21(12-10-18)29-27(33)24-8-4-5-15-28-24/h4-5,8-17,19,31H,1-3,6-7H2,(H,29,33)(H,30,32). The van der Waals surface area contributed by atoms with Crippen molar-refractivity contribution in [2.24, 2.45) is 5.92 Å². The average molecular weight is 439 g/mol. The van der Waals surface area contributed by atoms with E-state index < -0.39 is 0 Å². The molecular formula is C27H26N4O2. The van der Waals surface area contributed by atoms with Crippen LogP contribution in [-0.4, -0.2) is 21.8 Å². The Bertz CT molecular complexity index is 1270. The van der Waals surface area contributed by atoms with E-state index >= 15 is 0 Å². The largest absolute Gasteiger partial charge is 0.355 e. The molecule has 2 aromatic carbocycles. The van der Waals surface area contributed by atoms with E-state index in [-0.39, 0.29) is 17.7 Å². The number of aromatic amines is 1. The number of H-pyrrole nitrogens is 1. The van der Waals surface area contributed by atoms with Crippen LogP contribution in [0.3, 0.4) is 0 Å². The number of carbonyl (C=O) groups is 2. The Hall–Kier alpha value is -3.93. The topological polar surface area (TPSA) is 86.9 Å². The van der Waals surface area contributed by atoms with Crippen molar-refractivity contribution in [3.05, 3.63) is 78.6 Å². The fourth-order valence-corrected chi connectivity index (χ4v) is 4.40. The maximum atomic E-state index is 12.6. The number of carbonyl (C=O) groups excluding carboxylic acids is 2. The molecule has 3 N–H and O–H groups in total. The molecule has 2 aromatic heterocycles. The molecule has 1 aliphatic carbocycles. The number of hydrogen-bond acceptors (Lipinski definition) is 3. The van der Waals surface area contributed by atoms with Gasteiger partial charge in [0.15, 0.2) is 0 Å². The monoisotopic (exact) mass is 438 g/mol. The highest BCUT2D eigenvalue weighted by Crippen LogP contribution is 2.29. The number of pyridine rings is 1. The van der Waals surface area contributed by atoms with Gasteiger partial charge in [-0.1, -0.05) is 37.5 Å². The van der Waals surface area contributed by atoms with Crippen LogP contribution in [0.2, 0.25) is 0 Å². The van der Waals surface area contributed by atoms with E-state index in [4.69, 9.17) is 0 Å². The van der Waals surface area contributed by atoms with E-state index in [1.165, 1.54) is 6.42 Å². The van der Waals surface area contributed by atoms with Gasteiger partial charge in [0.2, 0.25) is 5.91 Å². The third-order valence-corrected chi connectivity index (χ3v) is 6.22. The summed E-state index contributed by atoms with van der Waals surface area (Å²) in [4.78, 5) is 32.4. The third-order valence-electron chi connectivity index (χ3n) is 6.22. The van der Waals surface area contributed by atoms with Crippen LogP contribution >= 0.6 is 0 Å². The molecule has 5 rings (SSSR count). The zero-order valence-electron chi connectivity index (χ0n) is 18.3. The molecule has 0 spiro atoms. The molecule has 0 unspecified atom stereocenters. The minimum absolute atomic E-state index is 0.132. The van der Waals surface area contributed by atoms with Crippen LogP contribution in [0, 0.1) is 5.92 Å². The number of amides is 2. The lowest BCUT2D eigenvalue weighted by Gasteiger charge is -2.20. The fourth-order valence-electron chi connectivity index (χ4n) is 4.40. The predicted octanol–water partition coefficient (Wildman–Crippen LogP) is 6.00. The first-order valence-corrected chi connectivity index (χ1v) is 11.4. The van der Waals surface area contributed by atoms with E-state index in [1.54, 1.807) is 24.4 Å². The summed E-state index contributed by atoms with van der Waals surface area (Å²) in [5, 5.41) is 7.00. The lowest BCUT2D eigenvalue weighted by atomic mass is 9.88. The molecule has 6 heteroatoms. The Balaban J connectivity index is 1.28. The number of nitrogens with zero attached hydrogens (tertiary/aromatic N) is 1. The summed E-state index contributed by atoms with van der Waals surface area (Å²) in [5.41, 5.74) is 4.91. The Labute approximate surface area is 192 Å². The third kappa shape index (κ3) is 4.80. The quantitative estimate of drug-likeness (QED) is 0.357. The lowest BCUT2D eigenvalue weighted by molar-refractivity contribution is -0.120. The van der Waals surface area contributed by atoms with Crippen LogP contribution in [0.4, 0.5) is 11.4 Å². The summed E-state index contributed by atoms with van der Waals surface area (Å²) in [7, 11) is 0. The number of anilines is 2. The van der Waals surface area contributed by atoms with Crippen molar-refractivity contribution in [3.8, 4) is 11.3 Å². The fraction of sp³-hybridized carbons (Fsp3) is 0.222. The molecule has 166 valence electrons. The van der Waals surface area contributed by atoms with Crippen LogP contribution in [0.25, 0.3) is 22.2 Å². The minimum atomic E-state index is -0.239. The van der Waals surface area contributed by atoms with E-state index in [1.807, 2.05) is 42.5 Å². The van der Waals surface area contributed by atoms with Gasteiger partial charge in [-0.15, -0.1) is 0 Å². The molecule has 1 fully saturated rings. The van der Waals surface area contributed by atoms with Gasteiger partial charge in [0.05, 0.1) is 0 Å². The predicted molar refractivity (Wildman–Crippen MR) is 131 cm³/mol. The molecule has 0 atom stereocenters. The first-order chi connectivity index (χ1) is 16.2. The lowest BCUT2D eigenvalue weighted by Crippen LogP contribution is -2.24. The average Bonchev–Trinajstić information content (AvgIpc) is 3.29. The van der Waals surface area contributed by atoms with Crippen LogP contribution in [0.1, 0.15) is 42.6 Å². The van der Waals surface area contributed by atoms with Crippen molar-refractivity contribution >= 4 is 34.1 Å². The molecule has 33 heavy (non-hydrogen) atoms. The molecule has 0 radical (unpaired) electrons. The van der Waals surface area contributed by atoms with Gasteiger partial charge in [-0.25, -0.2) is 0 Å². The molecule has 1 aliphatic rings. The molecule has 6 nitrogen and oxygen atoms in total. The number of hydrogen-bond donors (Lipinski definition) is 3. The second-order valence-corrected chi connectivity index (χ2v) is 8.56. The van der Waals surface area contributed by atoms with Gasteiger partial charge in [-0.2, -0.15) is 0 Å². The summed E-state index contributed by atoms with van der Waals surface area (Å²) in [6.45, 7) is 0. The van der Waals surface area contributed by atoms with Gasteiger partial charge < -0.3 is 15.6 Å². The molecule has 0 saturated heterocycles. The maximum absolute atomic E-state index is 12.6. The molecule has 0 bridgehead atoms. The zero-order chi connectivity index (χ0) is 22.6. The molecule has 0 aliphatic heterocycles. The molecular weight excluding hydrogens is 412 g/mol. The van der Waals surface area contributed by atoms with E-state index in [9.17, 15) is 9.59 Å². The highest BCUT2D eigenvalue weighted by Gasteiger charge is 2.21.